The summed E-state index contributed by atoms with van der Waals surface area (Å²) in [6.45, 7) is 1.74. The van der Waals surface area contributed by atoms with Crippen molar-refractivity contribution in [1.29, 1.82) is 0 Å². The third kappa shape index (κ3) is 3.92. The molecule has 1 aliphatic carbocycles. The predicted octanol–water partition coefficient (Wildman–Crippen LogP) is 1.48. The number of anilines is 1. The molecular formula is C12H15N3O3S. The maximum absolute atomic E-state index is 11.5. The van der Waals surface area contributed by atoms with E-state index in [0.29, 0.717) is 10.8 Å². The highest BCUT2D eigenvalue weighted by atomic mass is 32.2. The highest BCUT2D eigenvalue weighted by Crippen LogP contribution is 2.30. The monoisotopic (exact) mass is 281 g/mol. The molecule has 0 aliphatic heterocycles. The smallest absolute Gasteiger partial charge is 0.318 e. The standard InChI is InChI=1S/C12H15N3O3S/c1-7(12(17)18-2)19-10-6-5-9(14-15-10)13-11(16)8-3-4-8/h5-8H,3-4H2,1-2H3,(H,13,14,16)/t7-/m1/s1. The highest BCUT2D eigenvalue weighted by Gasteiger charge is 2.29. The first-order valence-corrected chi connectivity index (χ1v) is 6.87. The van der Waals surface area contributed by atoms with Crippen LogP contribution in [0.4, 0.5) is 5.82 Å². The Morgan fingerprint density at radius 1 is 1.42 bits per heavy atom. The van der Waals surface area contributed by atoms with Gasteiger partial charge in [0.25, 0.3) is 0 Å². The van der Waals surface area contributed by atoms with Crippen LogP contribution in [0.3, 0.4) is 0 Å². The summed E-state index contributed by atoms with van der Waals surface area (Å²) in [5, 5.41) is 10.8. The summed E-state index contributed by atoms with van der Waals surface area (Å²) in [5.74, 6) is 0.262. The molecule has 1 aliphatic rings. The summed E-state index contributed by atoms with van der Waals surface area (Å²) in [6.07, 6.45) is 1.90. The van der Waals surface area contributed by atoms with Gasteiger partial charge in [0.1, 0.15) is 10.3 Å². The Hall–Kier alpha value is -1.63. The Bertz CT molecular complexity index is 474. The number of amides is 1. The Kier molecular flexibility index (Phi) is 4.36. The lowest BCUT2D eigenvalue weighted by Gasteiger charge is -2.08. The van der Waals surface area contributed by atoms with Crippen LogP contribution in [0.1, 0.15) is 19.8 Å². The van der Waals surface area contributed by atoms with Crippen LogP contribution in [0.15, 0.2) is 17.2 Å². The fourth-order valence-corrected chi connectivity index (χ4v) is 2.21. The van der Waals surface area contributed by atoms with Gasteiger partial charge in [-0.2, -0.15) is 0 Å². The number of carbonyl (C=O) groups is 2. The van der Waals surface area contributed by atoms with E-state index in [9.17, 15) is 9.59 Å². The van der Waals surface area contributed by atoms with Gasteiger partial charge in [-0.15, -0.1) is 10.2 Å². The van der Waals surface area contributed by atoms with E-state index in [4.69, 9.17) is 0 Å². The molecule has 7 heteroatoms. The van der Waals surface area contributed by atoms with Gasteiger partial charge in [-0.05, 0) is 31.9 Å². The Balaban J connectivity index is 1.90. The van der Waals surface area contributed by atoms with Gasteiger partial charge in [0, 0.05) is 5.92 Å². The zero-order chi connectivity index (χ0) is 13.8. The van der Waals surface area contributed by atoms with Crippen molar-refractivity contribution < 1.29 is 14.3 Å². The number of methoxy groups -OCH3 is 1. The van der Waals surface area contributed by atoms with Crippen molar-refractivity contribution in [3.05, 3.63) is 12.1 Å². The topological polar surface area (TPSA) is 81.2 Å². The van der Waals surface area contributed by atoms with Gasteiger partial charge in [0.05, 0.1) is 7.11 Å². The Morgan fingerprint density at radius 2 is 2.16 bits per heavy atom. The number of rotatable bonds is 5. The summed E-state index contributed by atoms with van der Waals surface area (Å²) in [6, 6.07) is 3.40. The lowest BCUT2D eigenvalue weighted by molar-refractivity contribution is -0.139. The van der Waals surface area contributed by atoms with Crippen molar-refractivity contribution in [2.45, 2.75) is 30.0 Å². The van der Waals surface area contributed by atoms with Crippen molar-refractivity contribution >= 4 is 29.5 Å². The number of aromatic nitrogens is 2. The second-order valence-corrected chi connectivity index (χ2v) is 5.66. The summed E-state index contributed by atoms with van der Waals surface area (Å²) in [4.78, 5) is 22.8. The van der Waals surface area contributed by atoms with Crippen LogP contribution in [-0.2, 0) is 14.3 Å². The van der Waals surface area contributed by atoms with E-state index in [-0.39, 0.29) is 23.0 Å². The van der Waals surface area contributed by atoms with E-state index in [0.717, 1.165) is 12.8 Å². The third-order valence-corrected chi connectivity index (χ3v) is 3.68. The highest BCUT2D eigenvalue weighted by molar-refractivity contribution is 8.00. The molecule has 0 aromatic carbocycles. The molecule has 1 fully saturated rings. The second kappa shape index (κ2) is 6.01. The van der Waals surface area contributed by atoms with Gasteiger partial charge < -0.3 is 10.1 Å². The molecule has 0 bridgehead atoms. The van der Waals surface area contributed by atoms with E-state index in [1.54, 1.807) is 19.1 Å². The van der Waals surface area contributed by atoms with Crippen LogP contribution in [0.25, 0.3) is 0 Å². The molecule has 1 aromatic heterocycles. The molecule has 0 unspecified atom stereocenters. The second-order valence-electron chi connectivity index (χ2n) is 4.30. The number of hydrogen-bond donors (Lipinski definition) is 1. The molecular weight excluding hydrogens is 266 g/mol. The largest absolute Gasteiger partial charge is 0.468 e. The van der Waals surface area contributed by atoms with Crippen molar-refractivity contribution in [3.63, 3.8) is 0 Å². The molecule has 0 radical (unpaired) electrons. The zero-order valence-corrected chi connectivity index (χ0v) is 11.6. The van der Waals surface area contributed by atoms with E-state index in [1.807, 2.05) is 0 Å². The van der Waals surface area contributed by atoms with Crippen molar-refractivity contribution in [2.24, 2.45) is 5.92 Å². The van der Waals surface area contributed by atoms with Gasteiger partial charge in [-0.3, -0.25) is 9.59 Å². The number of ether oxygens (including phenoxy) is 1. The van der Waals surface area contributed by atoms with Crippen molar-refractivity contribution in [1.82, 2.24) is 10.2 Å². The van der Waals surface area contributed by atoms with E-state index >= 15 is 0 Å². The molecule has 102 valence electrons. The maximum atomic E-state index is 11.5. The molecule has 0 spiro atoms. The zero-order valence-electron chi connectivity index (χ0n) is 10.8. The fraction of sp³-hybridized carbons (Fsp3) is 0.500. The molecule has 1 saturated carbocycles. The number of nitrogens with one attached hydrogen (secondary N) is 1. The predicted molar refractivity (Wildman–Crippen MR) is 70.7 cm³/mol. The van der Waals surface area contributed by atoms with Crippen molar-refractivity contribution in [2.75, 3.05) is 12.4 Å². The normalized spacial score (nSPS) is 15.7. The molecule has 1 atom stereocenters. The van der Waals surface area contributed by atoms with Crippen LogP contribution >= 0.6 is 11.8 Å². The first kappa shape index (κ1) is 13.8. The fourth-order valence-electron chi connectivity index (χ4n) is 1.42. The van der Waals surface area contributed by atoms with Crippen LogP contribution in [0.5, 0.6) is 0 Å². The van der Waals surface area contributed by atoms with E-state index in [1.165, 1.54) is 18.9 Å². The average molecular weight is 281 g/mol. The first-order valence-electron chi connectivity index (χ1n) is 5.99. The summed E-state index contributed by atoms with van der Waals surface area (Å²) in [7, 11) is 1.35. The lowest BCUT2D eigenvalue weighted by atomic mass is 10.4. The lowest BCUT2D eigenvalue weighted by Crippen LogP contribution is -2.16. The van der Waals surface area contributed by atoms with Gasteiger partial charge in [0.2, 0.25) is 5.91 Å². The van der Waals surface area contributed by atoms with E-state index in [2.05, 4.69) is 20.3 Å². The number of nitrogens with zero attached hydrogens (tertiary/aromatic N) is 2. The number of thioether (sulfide) groups is 1. The summed E-state index contributed by atoms with van der Waals surface area (Å²) in [5.41, 5.74) is 0. The first-order chi connectivity index (χ1) is 9.10. The molecule has 1 aromatic rings. The minimum atomic E-state index is -0.341. The number of carbonyl (C=O) groups excluding carboxylic acids is 2. The van der Waals surface area contributed by atoms with Crippen molar-refractivity contribution in [3.8, 4) is 0 Å². The molecule has 1 N–H and O–H groups in total. The number of hydrogen-bond acceptors (Lipinski definition) is 6. The maximum Gasteiger partial charge on any atom is 0.318 e. The molecule has 1 amide bonds. The molecule has 1 heterocycles. The van der Waals surface area contributed by atoms with E-state index < -0.39 is 0 Å². The Morgan fingerprint density at radius 3 is 2.68 bits per heavy atom. The molecule has 19 heavy (non-hydrogen) atoms. The minimum Gasteiger partial charge on any atom is -0.468 e. The van der Waals surface area contributed by atoms with Gasteiger partial charge in [-0.1, -0.05) is 11.8 Å². The quantitative estimate of drug-likeness (QED) is 0.650. The van der Waals surface area contributed by atoms with Gasteiger partial charge >= 0.3 is 5.97 Å². The van der Waals surface area contributed by atoms with Crippen LogP contribution in [0.2, 0.25) is 0 Å². The average Bonchev–Trinajstić information content (AvgIpc) is 3.24. The van der Waals surface area contributed by atoms with Crippen LogP contribution in [0, 0.1) is 5.92 Å². The molecule has 0 saturated heterocycles. The summed E-state index contributed by atoms with van der Waals surface area (Å²) >= 11 is 1.26. The Labute approximate surface area is 115 Å². The SMILES string of the molecule is COC(=O)[C@@H](C)Sc1ccc(NC(=O)C2CC2)nn1. The van der Waals surface area contributed by atoms with Gasteiger partial charge in [0.15, 0.2) is 5.82 Å². The number of esters is 1. The minimum absolute atomic E-state index is 0.00219. The molecule has 6 nitrogen and oxygen atoms in total. The van der Waals surface area contributed by atoms with Crippen LogP contribution < -0.4 is 5.32 Å². The van der Waals surface area contributed by atoms with Crippen LogP contribution in [-0.4, -0.2) is 34.4 Å². The summed E-state index contributed by atoms with van der Waals surface area (Å²) < 4.78 is 4.63. The third-order valence-electron chi connectivity index (χ3n) is 2.67. The molecule has 2 rings (SSSR count). The van der Waals surface area contributed by atoms with Gasteiger partial charge in [-0.25, -0.2) is 0 Å².